The first-order valence-corrected chi connectivity index (χ1v) is 7.08. The van der Waals surface area contributed by atoms with Crippen LogP contribution in [0.5, 0.6) is 11.5 Å². The average Bonchev–Trinajstić information content (AvgIpc) is 2.62. The second kappa shape index (κ2) is 7.76. The minimum absolute atomic E-state index is 0.0685. The molecule has 0 heterocycles. The molecule has 0 aliphatic heterocycles. The van der Waals surface area contributed by atoms with Crippen LogP contribution in [0.3, 0.4) is 0 Å². The number of anilines is 1. The van der Waals surface area contributed by atoms with E-state index in [9.17, 15) is 29.7 Å². The summed E-state index contributed by atoms with van der Waals surface area (Å²) in [7, 11) is 1.17. The van der Waals surface area contributed by atoms with Gasteiger partial charge in [0.1, 0.15) is 23.2 Å². The van der Waals surface area contributed by atoms with Crippen LogP contribution in [-0.2, 0) is 4.79 Å². The monoisotopic (exact) mass is 356 g/mol. The van der Waals surface area contributed by atoms with Gasteiger partial charge in [-0.05, 0) is 42.0 Å². The van der Waals surface area contributed by atoms with E-state index in [0.29, 0.717) is 0 Å². The maximum absolute atomic E-state index is 12.9. The molecule has 0 bridgehead atoms. The number of nitrogens with one attached hydrogen (secondary N) is 1. The number of carbonyl (C=O) groups is 1. The molecule has 9 heteroatoms. The summed E-state index contributed by atoms with van der Waals surface area (Å²) in [6.07, 6.45) is 1.08. The maximum Gasteiger partial charge on any atom is 0.266 e. The molecular formula is C17H11FN3O5-. The third-order valence-corrected chi connectivity index (χ3v) is 3.25. The smallest absolute Gasteiger partial charge is 0.266 e. The summed E-state index contributed by atoms with van der Waals surface area (Å²) in [4.78, 5) is 22.2. The first kappa shape index (κ1) is 18.4. The molecule has 8 nitrogen and oxygen atoms in total. The second-order valence-electron chi connectivity index (χ2n) is 4.96. The van der Waals surface area contributed by atoms with E-state index in [1.807, 2.05) is 0 Å². The molecule has 0 atom stereocenters. The number of nitro benzene ring substituents is 1. The number of nitrogens with zero attached hydrogens (tertiary/aromatic N) is 2. The van der Waals surface area contributed by atoms with Gasteiger partial charge in [0, 0.05) is 17.5 Å². The van der Waals surface area contributed by atoms with Crippen molar-refractivity contribution in [2.45, 2.75) is 0 Å². The molecule has 1 N–H and O–H groups in total. The van der Waals surface area contributed by atoms with E-state index in [4.69, 9.17) is 4.74 Å². The van der Waals surface area contributed by atoms with Crippen molar-refractivity contribution in [1.29, 1.82) is 5.26 Å². The molecule has 0 radical (unpaired) electrons. The van der Waals surface area contributed by atoms with E-state index in [1.165, 1.54) is 25.3 Å². The van der Waals surface area contributed by atoms with Crippen LogP contribution in [0.4, 0.5) is 15.8 Å². The van der Waals surface area contributed by atoms with Crippen LogP contribution in [0, 0.1) is 27.3 Å². The summed E-state index contributed by atoms with van der Waals surface area (Å²) in [5, 5.41) is 34.3. The largest absolute Gasteiger partial charge is 0.865 e. The number of benzene rings is 2. The summed E-state index contributed by atoms with van der Waals surface area (Å²) in [5.41, 5.74) is -0.786. The maximum atomic E-state index is 12.9. The fourth-order valence-electron chi connectivity index (χ4n) is 2.03. The summed E-state index contributed by atoms with van der Waals surface area (Å²) >= 11 is 0. The minimum Gasteiger partial charge on any atom is -0.865 e. The van der Waals surface area contributed by atoms with E-state index in [0.717, 1.165) is 24.3 Å². The zero-order chi connectivity index (χ0) is 19.3. The van der Waals surface area contributed by atoms with Crippen LogP contribution >= 0.6 is 0 Å². The number of nitro groups is 1. The van der Waals surface area contributed by atoms with Crippen LogP contribution in [0.25, 0.3) is 6.08 Å². The number of hydrogen-bond acceptors (Lipinski definition) is 6. The highest BCUT2D eigenvalue weighted by molar-refractivity contribution is 6.09. The van der Waals surface area contributed by atoms with Crippen molar-refractivity contribution in [2.75, 3.05) is 12.4 Å². The van der Waals surface area contributed by atoms with Gasteiger partial charge in [-0.15, -0.1) is 0 Å². The molecule has 0 aromatic heterocycles. The number of hydrogen-bond donors (Lipinski definition) is 1. The molecule has 0 unspecified atom stereocenters. The number of halogens is 1. The van der Waals surface area contributed by atoms with Gasteiger partial charge in [-0.25, -0.2) is 4.39 Å². The highest BCUT2D eigenvalue weighted by Crippen LogP contribution is 2.35. The Morgan fingerprint density at radius 3 is 2.54 bits per heavy atom. The topological polar surface area (TPSA) is 128 Å². The molecule has 132 valence electrons. The molecular weight excluding hydrogens is 345 g/mol. The van der Waals surface area contributed by atoms with E-state index in [-0.39, 0.29) is 22.6 Å². The third-order valence-electron chi connectivity index (χ3n) is 3.25. The van der Waals surface area contributed by atoms with Gasteiger partial charge in [0.25, 0.3) is 11.6 Å². The normalized spacial score (nSPS) is 10.7. The van der Waals surface area contributed by atoms with Crippen LogP contribution in [0.2, 0.25) is 0 Å². The van der Waals surface area contributed by atoms with Crippen LogP contribution in [0.1, 0.15) is 5.56 Å². The zero-order valence-corrected chi connectivity index (χ0v) is 13.4. The quantitative estimate of drug-likeness (QED) is 0.379. The van der Waals surface area contributed by atoms with Gasteiger partial charge in [0.2, 0.25) is 0 Å². The van der Waals surface area contributed by atoms with Crippen molar-refractivity contribution in [3.8, 4) is 17.6 Å². The number of amides is 1. The molecule has 1 amide bonds. The van der Waals surface area contributed by atoms with Crippen molar-refractivity contribution in [3.63, 3.8) is 0 Å². The number of methoxy groups -OCH3 is 1. The van der Waals surface area contributed by atoms with Gasteiger partial charge in [0.15, 0.2) is 0 Å². The molecule has 0 fully saturated rings. The Bertz CT molecular complexity index is 933. The van der Waals surface area contributed by atoms with Gasteiger partial charge < -0.3 is 15.2 Å². The summed E-state index contributed by atoms with van der Waals surface area (Å²) in [5.74, 6) is -2.49. The lowest BCUT2D eigenvalue weighted by atomic mass is 10.1. The Labute approximate surface area is 146 Å². The highest BCUT2D eigenvalue weighted by atomic mass is 19.1. The van der Waals surface area contributed by atoms with Crippen molar-refractivity contribution in [2.24, 2.45) is 0 Å². The van der Waals surface area contributed by atoms with E-state index in [1.54, 1.807) is 6.07 Å². The standard InChI is InChI=1S/C17H12FN3O5/c1-26-15-8-10(7-14(16(15)22)21(24)25)6-11(9-19)17(23)20-13-4-2-12(18)3-5-13/h2-8,22H,1H3,(H,20,23)/p-1/b11-6+. The molecule has 0 aliphatic rings. The average molecular weight is 356 g/mol. The van der Waals surface area contributed by atoms with Gasteiger partial charge >= 0.3 is 0 Å². The number of rotatable bonds is 5. The SMILES string of the molecule is COc1cc(/C=C(\C#N)C(=O)Nc2ccc(F)cc2)cc([N+](=O)[O-])c1[O-]. The van der Waals surface area contributed by atoms with E-state index in [2.05, 4.69) is 5.32 Å². The Balaban J connectivity index is 2.37. The van der Waals surface area contributed by atoms with Crippen LogP contribution in [-0.4, -0.2) is 17.9 Å². The highest BCUT2D eigenvalue weighted by Gasteiger charge is 2.15. The van der Waals surface area contributed by atoms with Crippen LogP contribution < -0.4 is 15.2 Å². The first-order valence-electron chi connectivity index (χ1n) is 7.08. The Morgan fingerprint density at radius 2 is 2.00 bits per heavy atom. The predicted molar refractivity (Wildman–Crippen MR) is 87.7 cm³/mol. The number of nitriles is 1. The van der Waals surface area contributed by atoms with Crippen molar-refractivity contribution in [3.05, 3.63) is 63.5 Å². The van der Waals surface area contributed by atoms with Crippen molar-refractivity contribution < 1.29 is 24.0 Å². The molecule has 2 aromatic carbocycles. The Kier molecular flexibility index (Phi) is 5.49. The van der Waals surface area contributed by atoms with Crippen molar-refractivity contribution >= 4 is 23.4 Å². The summed E-state index contributed by atoms with van der Waals surface area (Å²) in [6.45, 7) is 0. The predicted octanol–water partition coefficient (Wildman–Crippen LogP) is 2.36. The molecule has 0 saturated heterocycles. The van der Waals surface area contributed by atoms with E-state index >= 15 is 0 Å². The van der Waals surface area contributed by atoms with Gasteiger partial charge in [-0.3, -0.25) is 14.9 Å². The lowest BCUT2D eigenvalue weighted by molar-refractivity contribution is -0.398. The molecule has 2 aromatic rings. The van der Waals surface area contributed by atoms with E-state index < -0.39 is 28.1 Å². The fraction of sp³-hybridized carbons (Fsp3) is 0.0588. The molecule has 26 heavy (non-hydrogen) atoms. The summed E-state index contributed by atoms with van der Waals surface area (Å²) in [6, 6.07) is 8.66. The van der Waals surface area contributed by atoms with Crippen LogP contribution in [0.15, 0.2) is 42.0 Å². The van der Waals surface area contributed by atoms with Gasteiger partial charge in [-0.2, -0.15) is 5.26 Å². The minimum atomic E-state index is -0.913. The molecule has 0 aliphatic carbocycles. The molecule has 0 saturated carbocycles. The second-order valence-corrected chi connectivity index (χ2v) is 4.96. The number of ether oxygens (including phenoxy) is 1. The van der Waals surface area contributed by atoms with Gasteiger partial charge in [0.05, 0.1) is 12.0 Å². The summed E-state index contributed by atoms with van der Waals surface area (Å²) < 4.78 is 17.7. The zero-order valence-electron chi connectivity index (χ0n) is 13.4. The lowest BCUT2D eigenvalue weighted by Crippen LogP contribution is -2.13. The Hall–Kier alpha value is -3.93. The Morgan fingerprint density at radius 1 is 1.35 bits per heavy atom. The third kappa shape index (κ3) is 4.12. The first-order chi connectivity index (χ1) is 12.3. The fourth-order valence-corrected chi connectivity index (χ4v) is 2.03. The van der Waals surface area contributed by atoms with Crippen molar-refractivity contribution in [1.82, 2.24) is 0 Å². The lowest BCUT2D eigenvalue weighted by Gasteiger charge is -2.13. The number of carbonyl (C=O) groups excluding carboxylic acids is 1. The van der Waals surface area contributed by atoms with Gasteiger partial charge in [-0.1, -0.05) is 0 Å². The molecule has 0 spiro atoms. The molecule has 2 rings (SSSR count).